The van der Waals surface area contributed by atoms with Crippen LogP contribution in [0.2, 0.25) is 0 Å². The van der Waals surface area contributed by atoms with Gasteiger partial charge in [0.1, 0.15) is 5.82 Å². The number of hydrogen-bond acceptors (Lipinski definition) is 7. The average Bonchev–Trinajstić information content (AvgIpc) is 3.56. The number of allylic oxidation sites excluding steroid dienone is 1. The van der Waals surface area contributed by atoms with Gasteiger partial charge in [0.05, 0.1) is 25.1 Å². The highest BCUT2D eigenvalue weighted by molar-refractivity contribution is 5.92. The van der Waals surface area contributed by atoms with Crippen molar-refractivity contribution < 1.29 is 18.7 Å². The van der Waals surface area contributed by atoms with Gasteiger partial charge in [0, 0.05) is 32.2 Å². The Balaban J connectivity index is 1.54. The van der Waals surface area contributed by atoms with Crippen LogP contribution in [-0.2, 0) is 4.79 Å². The number of nitrogen functional groups attached to an aromatic ring is 1. The number of aromatic nitrogens is 2. The Hall–Kier alpha value is -3.10. The van der Waals surface area contributed by atoms with Crippen molar-refractivity contribution in [2.24, 2.45) is 5.92 Å². The molecule has 1 amide bonds. The Morgan fingerprint density at radius 1 is 1.21 bits per heavy atom. The van der Waals surface area contributed by atoms with E-state index >= 15 is 0 Å². The molecule has 2 aliphatic rings. The Bertz CT molecular complexity index is 968. The van der Waals surface area contributed by atoms with Gasteiger partial charge in [0.15, 0.2) is 17.3 Å². The van der Waals surface area contributed by atoms with E-state index < -0.39 is 5.82 Å². The van der Waals surface area contributed by atoms with Crippen molar-refractivity contribution in [1.82, 2.24) is 14.9 Å². The lowest BCUT2D eigenvalue weighted by Gasteiger charge is -2.34. The predicted molar refractivity (Wildman–Crippen MR) is 108 cm³/mol. The molecule has 0 bridgehead atoms. The van der Waals surface area contributed by atoms with E-state index in [0.717, 1.165) is 0 Å². The van der Waals surface area contributed by atoms with Crippen LogP contribution in [-0.4, -0.2) is 61.2 Å². The van der Waals surface area contributed by atoms with E-state index in [1.807, 2.05) is 15.9 Å². The summed E-state index contributed by atoms with van der Waals surface area (Å²) in [5, 5.41) is 0.102. The molecule has 9 heteroatoms. The molecule has 1 aromatic carbocycles. The zero-order valence-electron chi connectivity index (χ0n) is 16.5. The van der Waals surface area contributed by atoms with Gasteiger partial charge in [-0.1, -0.05) is 6.08 Å². The molecule has 1 aromatic heterocycles. The third kappa shape index (κ3) is 3.76. The van der Waals surface area contributed by atoms with Crippen molar-refractivity contribution in [3.8, 4) is 11.5 Å². The lowest BCUT2D eigenvalue weighted by molar-refractivity contribution is -0.126. The number of nitrogens with two attached hydrogens (primary N) is 1. The number of carbonyl (C=O) groups excluding carboxylic acids is 1. The van der Waals surface area contributed by atoms with Gasteiger partial charge < -0.3 is 25.0 Å². The molecule has 4 rings (SSSR count). The number of piperazine rings is 1. The molecular formula is C20H24FN5O3. The highest BCUT2D eigenvalue weighted by atomic mass is 19.1. The molecule has 0 atom stereocenters. The van der Waals surface area contributed by atoms with Gasteiger partial charge in [0.25, 0.3) is 0 Å². The number of amides is 1. The summed E-state index contributed by atoms with van der Waals surface area (Å²) >= 11 is 0. The fourth-order valence-corrected chi connectivity index (χ4v) is 3.45. The number of methoxy groups -OCH3 is 2. The molecule has 1 aliphatic heterocycles. The summed E-state index contributed by atoms with van der Waals surface area (Å²) < 4.78 is 25.1. The molecular weight excluding hydrogens is 377 g/mol. The summed E-state index contributed by atoms with van der Waals surface area (Å²) in [6.45, 7) is 2.28. The monoisotopic (exact) mass is 401 g/mol. The first-order valence-corrected chi connectivity index (χ1v) is 9.61. The molecule has 29 heavy (non-hydrogen) atoms. The smallest absolute Gasteiger partial charge is 0.246 e. The van der Waals surface area contributed by atoms with Crippen LogP contribution < -0.4 is 20.1 Å². The molecule has 1 aliphatic carbocycles. The molecule has 2 N–H and O–H groups in total. The number of ether oxygens (including phenoxy) is 2. The number of carbonyl (C=O) groups is 1. The minimum absolute atomic E-state index is 0.0329. The third-order valence-corrected chi connectivity index (χ3v) is 5.29. The molecule has 0 radical (unpaired) electrons. The fraction of sp³-hybridized carbons (Fsp3) is 0.450. The topological polar surface area (TPSA) is 93.8 Å². The van der Waals surface area contributed by atoms with Crippen LogP contribution >= 0.6 is 0 Å². The second-order valence-electron chi connectivity index (χ2n) is 7.24. The Morgan fingerprint density at radius 2 is 1.93 bits per heavy atom. The van der Waals surface area contributed by atoms with Crippen LogP contribution in [0.4, 0.5) is 16.2 Å². The van der Waals surface area contributed by atoms with Gasteiger partial charge in [0.2, 0.25) is 11.9 Å². The highest BCUT2D eigenvalue weighted by Crippen LogP contribution is 2.38. The molecule has 1 saturated carbocycles. The maximum atomic E-state index is 14.8. The lowest BCUT2D eigenvalue weighted by atomic mass is 10.2. The molecule has 0 unspecified atom stereocenters. The van der Waals surface area contributed by atoms with E-state index in [2.05, 4.69) is 9.97 Å². The van der Waals surface area contributed by atoms with Crippen LogP contribution in [0.1, 0.15) is 12.8 Å². The van der Waals surface area contributed by atoms with Crippen LogP contribution in [0.25, 0.3) is 10.9 Å². The zero-order valence-corrected chi connectivity index (χ0v) is 16.5. The quantitative estimate of drug-likeness (QED) is 0.766. The summed E-state index contributed by atoms with van der Waals surface area (Å²) in [4.78, 5) is 24.8. The number of benzene rings is 1. The fourth-order valence-electron chi connectivity index (χ4n) is 3.45. The van der Waals surface area contributed by atoms with Crippen molar-refractivity contribution >= 4 is 28.6 Å². The molecule has 8 nitrogen and oxygen atoms in total. The normalized spacial score (nSPS) is 17.2. The second-order valence-corrected chi connectivity index (χ2v) is 7.24. The summed E-state index contributed by atoms with van der Waals surface area (Å²) in [6, 6.07) is 1.58. The number of anilines is 2. The third-order valence-electron chi connectivity index (χ3n) is 5.29. The van der Waals surface area contributed by atoms with Crippen molar-refractivity contribution in [3.63, 3.8) is 0 Å². The van der Waals surface area contributed by atoms with E-state index in [-0.39, 0.29) is 28.6 Å². The number of nitrogens with zero attached hydrogens (tertiary/aromatic N) is 4. The van der Waals surface area contributed by atoms with E-state index in [1.54, 1.807) is 12.1 Å². The second kappa shape index (κ2) is 7.73. The van der Waals surface area contributed by atoms with Crippen molar-refractivity contribution in [1.29, 1.82) is 0 Å². The van der Waals surface area contributed by atoms with Crippen molar-refractivity contribution in [2.75, 3.05) is 51.0 Å². The Labute approximate surface area is 168 Å². The number of rotatable bonds is 5. The standard InChI is InChI=1S/C20H24FN5O3/c1-28-14-11-13-16(17(21)18(14)29-2)19(22)24-20(23-13)26-9-7-25(8-10-26)15(27)6-5-12-3-4-12/h5-6,11-12H,3-4,7-10H2,1-2H3,(H2,22,23,24). The molecule has 2 aromatic rings. The van der Waals surface area contributed by atoms with Gasteiger partial charge in [-0.05, 0) is 24.8 Å². The van der Waals surface area contributed by atoms with Gasteiger partial charge in [-0.15, -0.1) is 0 Å². The average molecular weight is 401 g/mol. The summed E-state index contributed by atoms with van der Waals surface area (Å²) in [5.74, 6) is 0.605. The van der Waals surface area contributed by atoms with Gasteiger partial charge >= 0.3 is 0 Å². The SMILES string of the molecule is COc1cc2nc(N3CCN(C(=O)C=CC4CC4)CC3)nc(N)c2c(F)c1OC. The van der Waals surface area contributed by atoms with E-state index in [1.165, 1.54) is 27.1 Å². The largest absolute Gasteiger partial charge is 0.493 e. The first-order chi connectivity index (χ1) is 14.0. The molecule has 1 saturated heterocycles. The van der Waals surface area contributed by atoms with Crippen molar-refractivity contribution in [2.45, 2.75) is 12.8 Å². The summed E-state index contributed by atoms with van der Waals surface area (Å²) in [7, 11) is 2.79. The number of halogens is 1. The Kier molecular flexibility index (Phi) is 5.12. The van der Waals surface area contributed by atoms with E-state index in [9.17, 15) is 9.18 Å². The lowest BCUT2D eigenvalue weighted by Crippen LogP contribution is -2.48. The van der Waals surface area contributed by atoms with Crippen LogP contribution in [0, 0.1) is 11.7 Å². The van der Waals surface area contributed by atoms with Gasteiger partial charge in [-0.2, -0.15) is 4.98 Å². The molecule has 2 fully saturated rings. The minimum atomic E-state index is -0.649. The minimum Gasteiger partial charge on any atom is -0.493 e. The molecule has 0 spiro atoms. The predicted octanol–water partition coefficient (Wildman–Crippen LogP) is 1.98. The van der Waals surface area contributed by atoms with E-state index in [4.69, 9.17) is 15.2 Å². The summed E-state index contributed by atoms with van der Waals surface area (Å²) in [5.41, 5.74) is 6.38. The number of hydrogen-bond donors (Lipinski definition) is 1. The summed E-state index contributed by atoms with van der Waals surface area (Å²) in [6.07, 6.45) is 6.03. The van der Waals surface area contributed by atoms with E-state index in [0.29, 0.717) is 43.6 Å². The highest BCUT2D eigenvalue weighted by Gasteiger charge is 2.25. The van der Waals surface area contributed by atoms with Gasteiger partial charge in [-0.3, -0.25) is 4.79 Å². The van der Waals surface area contributed by atoms with Crippen LogP contribution in [0.3, 0.4) is 0 Å². The first-order valence-electron chi connectivity index (χ1n) is 9.61. The molecule has 2 heterocycles. The van der Waals surface area contributed by atoms with Crippen LogP contribution in [0.15, 0.2) is 18.2 Å². The van der Waals surface area contributed by atoms with Gasteiger partial charge in [-0.25, -0.2) is 9.37 Å². The number of fused-ring (bicyclic) bond motifs is 1. The Morgan fingerprint density at radius 3 is 2.55 bits per heavy atom. The maximum Gasteiger partial charge on any atom is 0.246 e. The molecule has 154 valence electrons. The first kappa shape index (κ1) is 19.2. The maximum absolute atomic E-state index is 14.8. The van der Waals surface area contributed by atoms with Crippen molar-refractivity contribution in [3.05, 3.63) is 24.0 Å². The zero-order chi connectivity index (χ0) is 20.5. The van der Waals surface area contributed by atoms with Crippen LogP contribution in [0.5, 0.6) is 11.5 Å².